The van der Waals surface area contributed by atoms with Crippen molar-refractivity contribution in [2.75, 3.05) is 0 Å². The molecule has 2 aromatic rings. The Morgan fingerprint density at radius 3 is 2.63 bits per heavy atom. The first-order chi connectivity index (χ1) is 9.25. The lowest BCUT2D eigenvalue weighted by Gasteiger charge is -2.14. The van der Waals surface area contributed by atoms with Gasteiger partial charge in [0.2, 0.25) is 0 Å². The SMILES string of the molecule is CC(Oc1ccccc1)C(=O)NCc1ccccn1. The molecular formula is C15H16N2O2. The van der Waals surface area contributed by atoms with Gasteiger partial charge < -0.3 is 10.1 Å². The highest BCUT2D eigenvalue weighted by atomic mass is 16.5. The molecule has 1 heterocycles. The molecule has 1 N–H and O–H groups in total. The summed E-state index contributed by atoms with van der Waals surface area (Å²) in [6.07, 6.45) is 1.16. The Kier molecular flexibility index (Phi) is 4.50. The maximum atomic E-state index is 11.9. The third-order valence-electron chi connectivity index (χ3n) is 2.60. The normalized spacial score (nSPS) is 11.6. The van der Waals surface area contributed by atoms with Crippen LogP contribution in [0.2, 0.25) is 0 Å². The number of carbonyl (C=O) groups is 1. The molecule has 98 valence electrons. The van der Waals surface area contributed by atoms with Crippen molar-refractivity contribution < 1.29 is 9.53 Å². The molecular weight excluding hydrogens is 240 g/mol. The van der Waals surface area contributed by atoms with Crippen molar-refractivity contribution in [1.29, 1.82) is 0 Å². The van der Waals surface area contributed by atoms with Crippen LogP contribution in [0, 0.1) is 0 Å². The van der Waals surface area contributed by atoms with E-state index >= 15 is 0 Å². The van der Waals surface area contributed by atoms with E-state index in [1.807, 2.05) is 48.5 Å². The average Bonchev–Trinajstić information content (AvgIpc) is 2.47. The second kappa shape index (κ2) is 6.54. The van der Waals surface area contributed by atoms with E-state index in [0.717, 1.165) is 5.69 Å². The van der Waals surface area contributed by atoms with Gasteiger partial charge in [-0.1, -0.05) is 24.3 Å². The molecule has 0 aliphatic heterocycles. The van der Waals surface area contributed by atoms with Gasteiger partial charge in [0.25, 0.3) is 5.91 Å². The number of carbonyl (C=O) groups excluding carboxylic acids is 1. The Hall–Kier alpha value is -2.36. The summed E-state index contributed by atoms with van der Waals surface area (Å²) >= 11 is 0. The van der Waals surface area contributed by atoms with E-state index in [1.54, 1.807) is 13.1 Å². The Morgan fingerprint density at radius 1 is 1.21 bits per heavy atom. The van der Waals surface area contributed by atoms with E-state index in [-0.39, 0.29) is 5.91 Å². The van der Waals surface area contributed by atoms with Gasteiger partial charge in [0.1, 0.15) is 5.75 Å². The summed E-state index contributed by atoms with van der Waals surface area (Å²) in [7, 11) is 0. The first-order valence-corrected chi connectivity index (χ1v) is 6.15. The highest BCUT2D eigenvalue weighted by Gasteiger charge is 2.13. The highest BCUT2D eigenvalue weighted by Crippen LogP contribution is 2.10. The lowest BCUT2D eigenvalue weighted by Crippen LogP contribution is -2.36. The van der Waals surface area contributed by atoms with E-state index < -0.39 is 6.10 Å². The van der Waals surface area contributed by atoms with Gasteiger partial charge in [0.05, 0.1) is 12.2 Å². The van der Waals surface area contributed by atoms with Crippen molar-refractivity contribution in [2.45, 2.75) is 19.6 Å². The number of rotatable bonds is 5. The van der Waals surface area contributed by atoms with Gasteiger partial charge in [-0.15, -0.1) is 0 Å². The minimum atomic E-state index is -0.536. The maximum Gasteiger partial charge on any atom is 0.261 e. The fourth-order valence-electron chi connectivity index (χ4n) is 1.58. The molecule has 0 radical (unpaired) electrons. The number of hydrogen-bond donors (Lipinski definition) is 1. The summed E-state index contributed by atoms with van der Waals surface area (Å²) in [4.78, 5) is 16.0. The Balaban J connectivity index is 1.83. The summed E-state index contributed by atoms with van der Waals surface area (Å²) in [5, 5.41) is 2.79. The zero-order valence-electron chi connectivity index (χ0n) is 10.7. The molecule has 1 unspecified atom stereocenters. The molecule has 0 saturated heterocycles. The van der Waals surface area contributed by atoms with Crippen LogP contribution in [0.3, 0.4) is 0 Å². The molecule has 1 aromatic carbocycles. The minimum Gasteiger partial charge on any atom is -0.481 e. The third-order valence-corrected chi connectivity index (χ3v) is 2.60. The second-order valence-corrected chi connectivity index (χ2v) is 4.11. The molecule has 2 rings (SSSR count). The topological polar surface area (TPSA) is 51.2 Å². The van der Waals surface area contributed by atoms with Crippen LogP contribution in [-0.2, 0) is 11.3 Å². The van der Waals surface area contributed by atoms with Crippen LogP contribution in [-0.4, -0.2) is 17.0 Å². The van der Waals surface area contributed by atoms with Gasteiger partial charge in [0, 0.05) is 6.20 Å². The van der Waals surface area contributed by atoms with E-state index in [9.17, 15) is 4.79 Å². The number of nitrogens with one attached hydrogen (secondary N) is 1. The monoisotopic (exact) mass is 256 g/mol. The number of nitrogens with zero attached hydrogens (tertiary/aromatic N) is 1. The standard InChI is InChI=1S/C15H16N2O2/c1-12(19-14-8-3-2-4-9-14)15(18)17-11-13-7-5-6-10-16-13/h2-10,12H,11H2,1H3,(H,17,18). The predicted molar refractivity (Wildman–Crippen MR) is 72.6 cm³/mol. The van der Waals surface area contributed by atoms with Gasteiger partial charge in [-0.3, -0.25) is 9.78 Å². The average molecular weight is 256 g/mol. The predicted octanol–water partition coefficient (Wildman–Crippen LogP) is 2.17. The van der Waals surface area contributed by atoms with Crippen LogP contribution in [0.15, 0.2) is 54.7 Å². The summed E-state index contributed by atoms with van der Waals surface area (Å²) in [5.74, 6) is 0.525. The van der Waals surface area contributed by atoms with Crippen LogP contribution < -0.4 is 10.1 Å². The van der Waals surface area contributed by atoms with Crippen LogP contribution in [0.5, 0.6) is 5.75 Å². The molecule has 1 aromatic heterocycles. The fraction of sp³-hybridized carbons (Fsp3) is 0.200. The zero-order valence-corrected chi connectivity index (χ0v) is 10.7. The van der Waals surface area contributed by atoms with Crippen LogP contribution in [0.1, 0.15) is 12.6 Å². The third kappa shape index (κ3) is 4.10. The molecule has 4 heteroatoms. The van der Waals surface area contributed by atoms with Crippen molar-refractivity contribution in [1.82, 2.24) is 10.3 Å². The molecule has 0 spiro atoms. The first-order valence-electron chi connectivity index (χ1n) is 6.15. The first kappa shape index (κ1) is 13.1. The van der Waals surface area contributed by atoms with Crippen molar-refractivity contribution in [3.63, 3.8) is 0 Å². The van der Waals surface area contributed by atoms with Gasteiger partial charge in [-0.05, 0) is 31.2 Å². The summed E-state index contributed by atoms with van der Waals surface area (Å²) in [5.41, 5.74) is 0.822. The molecule has 4 nitrogen and oxygen atoms in total. The molecule has 19 heavy (non-hydrogen) atoms. The van der Waals surface area contributed by atoms with E-state index in [1.165, 1.54) is 0 Å². The van der Waals surface area contributed by atoms with Gasteiger partial charge in [0.15, 0.2) is 6.10 Å². The Morgan fingerprint density at radius 2 is 1.95 bits per heavy atom. The van der Waals surface area contributed by atoms with Crippen molar-refractivity contribution >= 4 is 5.91 Å². The quantitative estimate of drug-likeness (QED) is 0.892. The Bertz CT molecular complexity index is 514. The Labute approximate surface area is 112 Å². The van der Waals surface area contributed by atoms with Gasteiger partial charge in [-0.25, -0.2) is 0 Å². The van der Waals surface area contributed by atoms with Gasteiger partial charge >= 0.3 is 0 Å². The van der Waals surface area contributed by atoms with Crippen molar-refractivity contribution in [3.8, 4) is 5.75 Å². The number of ether oxygens (including phenoxy) is 1. The molecule has 0 aliphatic carbocycles. The van der Waals surface area contributed by atoms with Crippen LogP contribution >= 0.6 is 0 Å². The highest BCUT2D eigenvalue weighted by molar-refractivity contribution is 5.80. The number of amides is 1. The van der Waals surface area contributed by atoms with Crippen LogP contribution in [0.25, 0.3) is 0 Å². The lowest BCUT2D eigenvalue weighted by atomic mass is 10.3. The van der Waals surface area contributed by atoms with E-state index in [2.05, 4.69) is 10.3 Å². The number of hydrogen-bond acceptors (Lipinski definition) is 3. The maximum absolute atomic E-state index is 11.9. The fourth-order valence-corrected chi connectivity index (χ4v) is 1.58. The van der Waals surface area contributed by atoms with Gasteiger partial charge in [-0.2, -0.15) is 0 Å². The molecule has 0 bridgehead atoms. The number of para-hydroxylation sites is 1. The molecule has 1 atom stereocenters. The lowest BCUT2D eigenvalue weighted by molar-refractivity contribution is -0.127. The molecule has 0 fully saturated rings. The minimum absolute atomic E-state index is 0.158. The molecule has 1 amide bonds. The van der Waals surface area contributed by atoms with E-state index in [4.69, 9.17) is 4.74 Å². The molecule has 0 saturated carbocycles. The second-order valence-electron chi connectivity index (χ2n) is 4.11. The van der Waals surface area contributed by atoms with Crippen molar-refractivity contribution in [2.24, 2.45) is 0 Å². The number of benzene rings is 1. The number of aromatic nitrogens is 1. The number of pyridine rings is 1. The van der Waals surface area contributed by atoms with E-state index in [0.29, 0.717) is 12.3 Å². The smallest absolute Gasteiger partial charge is 0.261 e. The summed E-state index contributed by atoms with van der Waals surface area (Å²) in [6, 6.07) is 14.9. The summed E-state index contributed by atoms with van der Waals surface area (Å²) < 4.78 is 5.53. The van der Waals surface area contributed by atoms with Crippen LogP contribution in [0.4, 0.5) is 0 Å². The molecule has 0 aliphatic rings. The van der Waals surface area contributed by atoms with Crippen molar-refractivity contribution in [3.05, 3.63) is 60.4 Å². The zero-order chi connectivity index (χ0) is 13.5. The summed E-state index contributed by atoms with van der Waals surface area (Å²) in [6.45, 7) is 2.13. The largest absolute Gasteiger partial charge is 0.481 e.